The number of rotatable bonds is 8. The van der Waals surface area contributed by atoms with Crippen molar-refractivity contribution >= 4 is 11.4 Å². The van der Waals surface area contributed by atoms with E-state index in [1.165, 1.54) is 50.6 Å². The summed E-state index contributed by atoms with van der Waals surface area (Å²) < 4.78 is 2.19. The molecule has 0 saturated heterocycles. The Balaban J connectivity index is 3.51. The van der Waals surface area contributed by atoms with E-state index in [9.17, 15) is 0 Å². The van der Waals surface area contributed by atoms with E-state index in [1.54, 1.807) is 0 Å². The molecule has 0 radical (unpaired) electrons. The van der Waals surface area contributed by atoms with Gasteiger partial charge >= 0.3 is 0 Å². The van der Waals surface area contributed by atoms with Gasteiger partial charge in [0.25, 0.3) is 0 Å². The maximum atomic E-state index is 2.36. The summed E-state index contributed by atoms with van der Waals surface area (Å²) in [5.74, 6) is 0. The highest BCUT2D eigenvalue weighted by molar-refractivity contribution is 5.67. The van der Waals surface area contributed by atoms with Gasteiger partial charge in [-0.15, -0.1) is 0 Å². The molecular weight excluding hydrogens is 244 g/mol. The zero-order valence-corrected chi connectivity index (χ0v) is 14.4. The summed E-state index contributed by atoms with van der Waals surface area (Å²) in [5.41, 5.74) is 3.07. The summed E-state index contributed by atoms with van der Waals surface area (Å²) in [6.45, 7) is 20.9. The Morgan fingerprint density at radius 3 is 1.00 bits per heavy atom. The molecule has 0 spiro atoms. The third kappa shape index (κ3) is 2.77. The average Bonchev–Trinajstić information content (AvgIpc) is 2.53. The van der Waals surface area contributed by atoms with Gasteiger partial charge in [-0.05, 0) is 41.5 Å². The van der Waals surface area contributed by atoms with Gasteiger partial charge in [0.05, 0.1) is 39.3 Å². The molecule has 0 N–H and O–H groups in total. The highest BCUT2D eigenvalue weighted by atomic mass is 15.4. The predicted molar refractivity (Wildman–Crippen MR) is 93.3 cm³/mol. The van der Waals surface area contributed by atoms with E-state index in [4.69, 9.17) is 0 Å². The Bertz CT molecular complexity index is 348. The molecule has 1 rings (SSSR count). The van der Waals surface area contributed by atoms with Gasteiger partial charge in [0.2, 0.25) is 0 Å². The van der Waals surface area contributed by atoms with Crippen LogP contribution < -0.4 is 8.97 Å². The van der Waals surface area contributed by atoms with Crippen LogP contribution in [0.5, 0.6) is 0 Å². The van der Waals surface area contributed by atoms with Gasteiger partial charge < -0.3 is 0 Å². The predicted octanol–water partition coefficient (Wildman–Crippen LogP) is 4.42. The molecule has 0 aliphatic carbocycles. The second-order valence-corrected chi connectivity index (χ2v) is 5.68. The fraction of sp³-hybridized carbons (Fsp3) is 0.667. The Hall–Kier alpha value is -0.860. The molecule has 2 nitrogen and oxygen atoms in total. The first-order chi connectivity index (χ1) is 9.59. The van der Waals surface area contributed by atoms with Gasteiger partial charge in [0.1, 0.15) is 0 Å². The monoisotopic (exact) mass is 278 g/mol. The SMILES string of the molecule is CC[N+](CC)(CC)c1ccccc1[N+](CC)(CC)CC. The lowest BCUT2D eigenvalue weighted by atomic mass is 10.1. The molecule has 2 heteroatoms. The lowest BCUT2D eigenvalue weighted by Gasteiger charge is -2.41. The first-order valence-electron chi connectivity index (χ1n) is 8.41. The van der Waals surface area contributed by atoms with Crippen molar-refractivity contribution in [3.63, 3.8) is 0 Å². The molecular formula is C18H34N2+2. The number of benzene rings is 1. The molecule has 0 atom stereocenters. The van der Waals surface area contributed by atoms with E-state index in [0.717, 1.165) is 8.97 Å². The third-order valence-corrected chi connectivity index (χ3v) is 5.54. The average molecular weight is 278 g/mol. The smallest absolute Gasteiger partial charge is 0.194 e. The van der Waals surface area contributed by atoms with Crippen molar-refractivity contribution in [2.45, 2.75) is 41.5 Å². The van der Waals surface area contributed by atoms with Crippen molar-refractivity contribution in [1.82, 2.24) is 8.97 Å². The summed E-state index contributed by atoms with van der Waals surface area (Å²) in [6, 6.07) is 9.14. The molecule has 0 aromatic heterocycles. The quantitative estimate of drug-likeness (QED) is 0.617. The van der Waals surface area contributed by atoms with E-state index >= 15 is 0 Å². The molecule has 114 valence electrons. The Morgan fingerprint density at radius 2 is 0.800 bits per heavy atom. The lowest BCUT2D eigenvalue weighted by molar-refractivity contribution is 0.284. The first kappa shape index (κ1) is 17.2. The van der Waals surface area contributed by atoms with E-state index in [0.29, 0.717) is 0 Å². The van der Waals surface area contributed by atoms with Gasteiger partial charge in [-0.3, -0.25) is 8.97 Å². The van der Waals surface area contributed by atoms with Crippen molar-refractivity contribution in [3.8, 4) is 0 Å². The minimum absolute atomic E-state index is 1.09. The maximum absolute atomic E-state index is 2.36. The second kappa shape index (κ2) is 7.24. The Kier molecular flexibility index (Phi) is 6.22. The van der Waals surface area contributed by atoms with Crippen LogP contribution in [0.2, 0.25) is 0 Å². The minimum atomic E-state index is 1.09. The molecule has 0 amide bonds. The number of para-hydroxylation sites is 2. The number of quaternary nitrogens is 2. The van der Waals surface area contributed by atoms with Crippen LogP contribution in [-0.4, -0.2) is 39.3 Å². The maximum Gasteiger partial charge on any atom is 0.194 e. The van der Waals surface area contributed by atoms with E-state index < -0.39 is 0 Å². The Labute approximate surface area is 126 Å². The summed E-state index contributed by atoms with van der Waals surface area (Å²) in [6.07, 6.45) is 0. The van der Waals surface area contributed by atoms with Crippen molar-refractivity contribution in [1.29, 1.82) is 0 Å². The van der Waals surface area contributed by atoms with Crippen LogP contribution in [0.1, 0.15) is 41.5 Å². The molecule has 20 heavy (non-hydrogen) atoms. The number of nitrogens with zero attached hydrogens (tertiary/aromatic N) is 2. The second-order valence-electron chi connectivity index (χ2n) is 5.68. The van der Waals surface area contributed by atoms with Gasteiger partial charge in [0.15, 0.2) is 11.4 Å². The summed E-state index contributed by atoms with van der Waals surface area (Å²) in [5, 5.41) is 0. The lowest BCUT2D eigenvalue weighted by Crippen LogP contribution is -2.54. The van der Waals surface area contributed by atoms with Crippen LogP contribution in [0.3, 0.4) is 0 Å². The highest BCUT2D eigenvalue weighted by Crippen LogP contribution is 2.37. The zero-order chi connectivity index (χ0) is 15.2. The van der Waals surface area contributed by atoms with E-state index in [2.05, 4.69) is 65.8 Å². The molecule has 0 fully saturated rings. The molecule has 0 bridgehead atoms. The van der Waals surface area contributed by atoms with Crippen molar-refractivity contribution < 1.29 is 0 Å². The first-order valence-corrected chi connectivity index (χ1v) is 8.41. The van der Waals surface area contributed by atoms with Crippen LogP contribution in [0.4, 0.5) is 11.4 Å². The summed E-state index contributed by atoms with van der Waals surface area (Å²) in [7, 11) is 0. The molecule has 0 heterocycles. The molecule has 1 aromatic rings. The Morgan fingerprint density at radius 1 is 0.550 bits per heavy atom. The minimum Gasteiger partial charge on any atom is -0.287 e. The fourth-order valence-electron chi connectivity index (χ4n) is 3.63. The molecule has 0 aliphatic rings. The van der Waals surface area contributed by atoms with Crippen LogP contribution in [0.25, 0.3) is 0 Å². The van der Waals surface area contributed by atoms with Crippen LogP contribution >= 0.6 is 0 Å². The zero-order valence-electron chi connectivity index (χ0n) is 14.4. The topological polar surface area (TPSA) is 0 Å². The van der Waals surface area contributed by atoms with Gasteiger partial charge in [0, 0.05) is 12.1 Å². The van der Waals surface area contributed by atoms with Crippen molar-refractivity contribution in [2.75, 3.05) is 39.3 Å². The molecule has 1 aromatic carbocycles. The van der Waals surface area contributed by atoms with Crippen LogP contribution in [-0.2, 0) is 0 Å². The van der Waals surface area contributed by atoms with Crippen molar-refractivity contribution in [2.24, 2.45) is 0 Å². The van der Waals surface area contributed by atoms with E-state index in [1.807, 2.05) is 0 Å². The standard InChI is InChI=1S/C18H34N2/c1-7-19(8-2,9-3)17-15-13-14-16-18(17)20(10-4,11-5)12-6/h13-16H,7-12H2,1-6H3/q+2. The van der Waals surface area contributed by atoms with E-state index in [-0.39, 0.29) is 0 Å². The molecule has 0 aliphatic heterocycles. The summed E-state index contributed by atoms with van der Waals surface area (Å²) >= 11 is 0. The molecule has 0 unspecified atom stereocenters. The van der Waals surface area contributed by atoms with Gasteiger partial charge in [-0.1, -0.05) is 12.1 Å². The van der Waals surface area contributed by atoms with Crippen LogP contribution in [0.15, 0.2) is 24.3 Å². The number of hydrogen-bond donors (Lipinski definition) is 0. The number of hydrogen-bond acceptors (Lipinski definition) is 0. The summed E-state index contributed by atoms with van der Waals surface area (Å²) in [4.78, 5) is 0. The highest BCUT2D eigenvalue weighted by Gasteiger charge is 2.36. The van der Waals surface area contributed by atoms with Crippen molar-refractivity contribution in [3.05, 3.63) is 24.3 Å². The van der Waals surface area contributed by atoms with Gasteiger partial charge in [-0.2, -0.15) is 0 Å². The van der Waals surface area contributed by atoms with Crippen LogP contribution in [0, 0.1) is 0 Å². The largest absolute Gasteiger partial charge is 0.287 e. The fourth-order valence-corrected chi connectivity index (χ4v) is 3.63. The normalized spacial score (nSPS) is 12.7. The third-order valence-electron chi connectivity index (χ3n) is 5.54. The molecule has 0 saturated carbocycles. The van der Waals surface area contributed by atoms with Gasteiger partial charge in [-0.25, -0.2) is 0 Å².